The minimum absolute atomic E-state index is 0. The number of hydrogen-bond donors (Lipinski definition) is 6. The van der Waals surface area contributed by atoms with Crippen LogP contribution in [0.25, 0.3) is 0 Å². The Kier molecular flexibility index (Phi) is 17.3. The van der Waals surface area contributed by atoms with Crippen LogP contribution in [0, 0.1) is 0 Å². The molecule has 0 aliphatic carbocycles. The fourth-order valence-corrected chi connectivity index (χ4v) is 0. The van der Waals surface area contributed by atoms with Crippen molar-refractivity contribution < 1.29 is 19.2 Å². The Balaban J connectivity index is -0.0000000800. The van der Waals surface area contributed by atoms with Crippen molar-refractivity contribution in [3.8, 4) is 0 Å². The van der Waals surface area contributed by atoms with E-state index >= 15 is 0 Å². The molecule has 0 heterocycles. The zero-order valence-electron chi connectivity index (χ0n) is 4.51. The Morgan fingerprint density at radius 3 is 1.22 bits per heavy atom. The van der Waals surface area contributed by atoms with E-state index in [0.717, 1.165) is 0 Å². The third-order valence-corrected chi connectivity index (χ3v) is 0. The second kappa shape index (κ2) is 9.30. The van der Waals surface area contributed by atoms with Gasteiger partial charge >= 0.3 is 20.8 Å². The maximum Gasteiger partial charge on any atom is 0.466 e. The molecule has 0 unspecified atom stereocenters. The molecule has 58 valence electrons. The molecule has 0 aromatic heterocycles. The van der Waals surface area contributed by atoms with Gasteiger partial charge in [0.2, 0.25) is 0 Å². The van der Waals surface area contributed by atoms with Crippen LogP contribution in [0.4, 0.5) is 0 Å². The van der Waals surface area contributed by atoms with Crippen molar-refractivity contribution in [3.63, 3.8) is 0 Å². The van der Waals surface area contributed by atoms with E-state index in [1.165, 1.54) is 0 Å². The Bertz CT molecular complexity index is 74.4. The summed E-state index contributed by atoms with van der Waals surface area (Å²) in [5.74, 6) is 0. The lowest BCUT2D eigenvalue weighted by atomic mass is 14.0. The van der Waals surface area contributed by atoms with Crippen LogP contribution in [0.15, 0.2) is 0 Å². The molecule has 0 radical (unpaired) electrons. The van der Waals surface area contributed by atoms with E-state index in [1.54, 1.807) is 0 Å². The zero-order valence-corrected chi connectivity index (χ0v) is 8.60. The number of thiol groups is 2. The van der Waals surface area contributed by atoms with Crippen molar-refractivity contribution in [2.45, 2.75) is 0 Å². The first-order chi connectivity index (χ1) is 3.41. The van der Waals surface area contributed by atoms with E-state index in [9.17, 15) is 0 Å². The smallest absolute Gasteiger partial charge is 0.344 e. The minimum Gasteiger partial charge on any atom is -0.344 e. The fourth-order valence-electron chi connectivity index (χ4n) is 0. The fraction of sp³-hybridized carbons (Fsp3) is 0. The highest BCUT2D eigenvalue weighted by molar-refractivity contribution is 8.36. The van der Waals surface area contributed by atoms with E-state index in [2.05, 4.69) is 22.0 Å². The van der Waals surface area contributed by atoms with E-state index in [1.807, 2.05) is 0 Å². The van der Waals surface area contributed by atoms with Crippen molar-refractivity contribution in [2.75, 3.05) is 0 Å². The van der Waals surface area contributed by atoms with Crippen LogP contribution >= 0.6 is 29.8 Å². The minimum atomic E-state index is -4.64. The van der Waals surface area contributed by atoms with Crippen molar-refractivity contribution >= 4 is 42.8 Å². The lowest BCUT2D eigenvalue weighted by molar-refractivity contribution is 0.275. The standard InChI is InChI=1S/Al.H3N.H3O4P.2H2S.H/c;;1-5(2,3)4;;;/h;1H3;(H3,1,2,3,4);2*1H2;/q+2;;;;;/p-2. The van der Waals surface area contributed by atoms with Crippen LogP contribution in [0.2, 0.25) is 0 Å². The highest BCUT2D eigenvalue weighted by Crippen LogP contribution is 2.25. The predicted octanol–water partition coefficient (Wildman–Crippen LogP) is -0.654. The summed E-state index contributed by atoms with van der Waals surface area (Å²) in [7, 11) is 2.94. The van der Waals surface area contributed by atoms with Gasteiger partial charge in [0, 0.05) is 0 Å². The first-order valence-electron chi connectivity index (χ1n) is 1.42. The molecular weight excluding hydrogens is 200 g/mol. The third-order valence-electron chi connectivity index (χ3n) is 0. The van der Waals surface area contributed by atoms with Gasteiger partial charge in [0.25, 0.3) is 0 Å². The molecule has 0 aliphatic rings. The largest absolute Gasteiger partial charge is 0.466 e. The van der Waals surface area contributed by atoms with E-state index in [4.69, 9.17) is 19.2 Å². The van der Waals surface area contributed by atoms with E-state index in [0.29, 0.717) is 0 Å². The molecule has 6 N–H and O–H groups in total. The van der Waals surface area contributed by atoms with Gasteiger partial charge in [0.15, 0.2) is 0 Å². The molecule has 0 amide bonds. The molecule has 0 saturated carbocycles. The summed E-state index contributed by atoms with van der Waals surface area (Å²) in [6.07, 6.45) is 0. The number of phosphoric acid groups is 1. The first-order valence-corrected chi connectivity index (χ1v) is 8.04. The van der Waals surface area contributed by atoms with Gasteiger partial charge in [-0.05, 0) is 0 Å². The molecule has 0 aliphatic heterocycles. The zero-order chi connectivity index (χ0) is 7.21. The normalized spacial score (nSPS) is 8.11. The molecule has 0 fully saturated rings. The maximum atomic E-state index is 8.88. The monoisotopic (exact) mass is 209 g/mol. The van der Waals surface area contributed by atoms with Crippen LogP contribution in [-0.2, 0) is 4.57 Å². The van der Waals surface area contributed by atoms with Crippen LogP contribution in [0.3, 0.4) is 0 Å². The van der Waals surface area contributed by atoms with E-state index < -0.39 is 7.82 Å². The average Bonchev–Trinajstić information content (AvgIpc) is 1.27. The summed E-state index contributed by atoms with van der Waals surface area (Å²) < 4.78 is 8.88. The van der Waals surface area contributed by atoms with Gasteiger partial charge < -0.3 is 20.8 Å². The van der Waals surface area contributed by atoms with Gasteiger partial charge in [-0.1, -0.05) is 0 Å². The van der Waals surface area contributed by atoms with Gasteiger partial charge in [0.05, 0.1) is 0 Å². The summed E-state index contributed by atoms with van der Waals surface area (Å²) >= 11 is -0.194. The maximum absolute atomic E-state index is 8.88. The quantitative estimate of drug-likeness (QED) is 0.180. The molecule has 0 spiro atoms. The van der Waals surface area contributed by atoms with Gasteiger partial charge in [-0.25, -0.2) is 4.57 Å². The third kappa shape index (κ3) is 292. The Hall–Kier alpha value is 1.30. The predicted molar refractivity (Wildman–Crippen MR) is 44.4 cm³/mol. The Morgan fingerprint density at radius 1 is 1.22 bits per heavy atom. The first kappa shape index (κ1) is 16.7. The van der Waals surface area contributed by atoms with Crippen LogP contribution in [-0.4, -0.2) is 27.6 Å². The van der Waals surface area contributed by atoms with Gasteiger partial charge in [-0.3, -0.25) is 22.0 Å². The molecule has 0 bridgehead atoms. The van der Waals surface area contributed by atoms with Gasteiger partial charge in [0.1, 0.15) is 0 Å². The van der Waals surface area contributed by atoms with Gasteiger partial charge in [-0.15, -0.1) is 0 Å². The molecular formula is H9AlNO4PS2. The molecule has 0 aromatic rings. The molecule has 9 heavy (non-hydrogen) atoms. The molecule has 5 nitrogen and oxygen atoms in total. The van der Waals surface area contributed by atoms with Crippen molar-refractivity contribution in [1.29, 1.82) is 0 Å². The SMILES string of the molecule is N.O=P(O)(O)O.[SH][AlH][SH]. The summed E-state index contributed by atoms with van der Waals surface area (Å²) in [4.78, 5) is 21.6. The summed E-state index contributed by atoms with van der Waals surface area (Å²) in [6.45, 7) is 0. The summed E-state index contributed by atoms with van der Waals surface area (Å²) in [5, 5.41) is 0. The molecule has 9 heteroatoms. The lowest BCUT2D eigenvalue weighted by Crippen LogP contribution is -1.66. The second-order valence-electron chi connectivity index (χ2n) is 0.655. The van der Waals surface area contributed by atoms with E-state index in [-0.39, 0.29) is 19.1 Å². The lowest BCUT2D eigenvalue weighted by Gasteiger charge is -1.82. The van der Waals surface area contributed by atoms with Gasteiger partial charge in [-0.2, -0.15) is 0 Å². The Morgan fingerprint density at radius 2 is 1.22 bits per heavy atom. The van der Waals surface area contributed by atoms with Crippen molar-refractivity contribution in [2.24, 2.45) is 0 Å². The highest BCUT2D eigenvalue weighted by atomic mass is 32.4. The molecule has 0 rings (SSSR count). The molecule has 0 saturated heterocycles. The van der Waals surface area contributed by atoms with Crippen LogP contribution in [0.1, 0.15) is 0 Å². The number of hydrogen-bond acceptors (Lipinski definition) is 4. The van der Waals surface area contributed by atoms with Crippen molar-refractivity contribution in [3.05, 3.63) is 0 Å². The molecule has 0 aromatic carbocycles. The molecule has 0 atom stereocenters. The second-order valence-corrected chi connectivity index (χ2v) is 5.36. The van der Waals surface area contributed by atoms with Crippen LogP contribution in [0.5, 0.6) is 0 Å². The van der Waals surface area contributed by atoms with Crippen molar-refractivity contribution in [1.82, 2.24) is 6.15 Å². The summed E-state index contributed by atoms with van der Waals surface area (Å²) in [6, 6.07) is 0. The number of rotatable bonds is 0. The topological polar surface area (TPSA) is 113 Å². The van der Waals surface area contributed by atoms with Crippen LogP contribution < -0.4 is 6.15 Å². The Labute approximate surface area is 68.3 Å². The average molecular weight is 209 g/mol. The highest BCUT2D eigenvalue weighted by Gasteiger charge is 2.00. The summed E-state index contributed by atoms with van der Waals surface area (Å²) in [5.41, 5.74) is 0.